The Bertz CT molecular complexity index is 1280. The van der Waals surface area contributed by atoms with Gasteiger partial charge in [0, 0.05) is 12.0 Å². The number of carbonyl (C=O) groups excluding carboxylic acids is 1. The molecular weight excluding hydrogens is 499 g/mol. The minimum absolute atomic E-state index is 0. The van der Waals surface area contributed by atoms with Gasteiger partial charge in [-0.2, -0.15) is 0 Å². The third kappa shape index (κ3) is 5.89. The second kappa shape index (κ2) is 12.8. The van der Waals surface area contributed by atoms with E-state index < -0.39 is 5.92 Å². The molecule has 8 nitrogen and oxygen atoms in total. The maximum absolute atomic E-state index is 13.7. The fourth-order valence-corrected chi connectivity index (χ4v) is 4.83. The van der Waals surface area contributed by atoms with Crippen LogP contribution in [0, 0.1) is 5.92 Å². The smallest absolute Gasteiger partial charge is 1.00 e. The first-order chi connectivity index (χ1) is 18.1. The fraction of sp³-hybridized carbons (Fsp3) is 0.345. The number of ether oxygens (including phenoxy) is 6. The first-order valence-electron chi connectivity index (χ1n) is 12.4. The summed E-state index contributed by atoms with van der Waals surface area (Å²) in [5.74, 6) is 2.19. The van der Waals surface area contributed by atoms with E-state index in [0.717, 1.165) is 28.9 Å². The minimum atomic E-state index is -0.482. The molecule has 9 heteroatoms. The number of methoxy groups -OCH3 is 1. The molecule has 38 heavy (non-hydrogen) atoms. The Hall–Kier alpha value is -2.91. The zero-order valence-electron chi connectivity index (χ0n) is 22.9. The molecule has 196 valence electrons. The van der Waals surface area contributed by atoms with Gasteiger partial charge >= 0.3 is 35.5 Å². The van der Waals surface area contributed by atoms with E-state index >= 15 is 0 Å². The van der Waals surface area contributed by atoms with Crippen molar-refractivity contribution in [3.63, 3.8) is 0 Å². The second-order valence-corrected chi connectivity index (χ2v) is 8.92. The maximum Gasteiger partial charge on any atom is 1.00 e. The van der Waals surface area contributed by atoms with Gasteiger partial charge in [0.05, 0.1) is 26.2 Å². The summed E-state index contributed by atoms with van der Waals surface area (Å²) in [5.41, 5.74) is 3.04. The summed E-state index contributed by atoms with van der Waals surface area (Å²) >= 11 is 0. The van der Waals surface area contributed by atoms with E-state index in [4.69, 9.17) is 28.4 Å². The summed E-state index contributed by atoms with van der Waals surface area (Å²) in [4.78, 5) is 13.7. The Balaban J connectivity index is 0.00000210. The van der Waals surface area contributed by atoms with E-state index in [1.54, 1.807) is 25.3 Å². The summed E-state index contributed by atoms with van der Waals surface area (Å²) in [5, 5.41) is 9.21. The van der Waals surface area contributed by atoms with Crippen LogP contribution in [-0.4, -0.2) is 44.8 Å². The van der Waals surface area contributed by atoms with Gasteiger partial charge in [-0.05, 0) is 65.9 Å². The standard InChI is InChI=1S/C29H30O8.Na.H/c1-3-11-33-21-5-7-22-19(13-21)14-23(28(22)18-4-8-24-26(15-18)36-17-35-24)29(31)37-25-9-6-20(32-2)16-27(25)34-12-10-30;;/h4-9,13,15-16,23,28,30H,3,10-12,14,17H2,1-2H3;;/q;+1;-1. The number of benzene rings is 3. The first-order valence-corrected chi connectivity index (χ1v) is 12.4. The van der Waals surface area contributed by atoms with Crippen molar-refractivity contribution >= 4 is 5.97 Å². The topological polar surface area (TPSA) is 92.7 Å². The molecule has 2 unspecified atom stereocenters. The monoisotopic (exact) mass is 530 g/mol. The van der Waals surface area contributed by atoms with E-state index in [2.05, 4.69) is 6.92 Å². The molecule has 1 aliphatic heterocycles. The molecule has 2 aliphatic rings. The first kappa shape index (κ1) is 28.1. The van der Waals surface area contributed by atoms with Crippen molar-refractivity contribution < 1.29 is 69.3 Å². The predicted octanol–water partition coefficient (Wildman–Crippen LogP) is 1.61. The van der Waals surface area contributed by atoms with Gasteiger partial charge in [-0.25, -0.2) is 0 Å². The van der Waals surface area contributed by atoms with E-state index in [1.807, 2.05) is 36.4 Å². The summed E-state index contributed by atoms with van der Waals surface area (Å²) < 4.78 is 33.7. The molecule has 0 aromatic heterocycles. The van der Waals surface area contributed by atoms with Gasteiger partial charge in [0.2, 0.25) is 6.79 Å². The number of carbonyl (C=O) groups is 1. The molecule has 0 bridgehead atoms. The van der Waals surface area contributed by atoms with Crippen molar-refractivity contribution in [2.45, 2.75) is 25.7 Å². The zero-order valence-corrected chi connectivity index (χ0v) is 23.9. The molecule has 0 saturated heterocycles. The number of rotatable bonds is 10. The minimum Gasteiger partial charge on any atom is -1.00 e. The van der Waals surface area contributed by atoms with Gasteiger partial charge in [-0.15, -0.1) is 0 Å². The number of hydrogen-bond acceptors (Lipinski definition) is 8. The van der Waals surface area contributed by atoms with Crippen molar-refractivity contribution in [1.29, 1.82) is 0 Å². The Morgan fingerprint density at radius 2 is 1.79 bits per heavy atom. The largest absolute Gasteiger partial charge is 1.00 e. The second-order valence-electron chi connectivity index (χ2n) is 8.92. The summed E-state index contributed by atoms with van der Waals surface area (Å²) in [6.07, 6.45) is 1.41. The van der Waals surface area contributed by atoms with Crippen LogP contribution >= 0.6 is 0 Å². The van der Waals surface area contributed by atoms with Gasteiger partial charge in [-0.3, -0.25) is 4.79 Å². The van der Waals surface area contributed by atoms with E-state index in [9.17, 15) is 9.90 Å². The summed E-state index contributed by atoms with van der Waals surface area (Å²) in [6, 6.07) is 16.8. The van der Waals surface area contributed by atoms with Crippen LogP contribution in [0.15, 0.2) is 54.6 Å². The average Bonchev–Trinajstić information content (AvgIpc) is 3.55. The zero-order chi connectivity index (χ0) is 25.8. The Morgan fingerprint density at radius 3 is 2.58 bits per heavy atom. The van der Waals surface area contributed by atoms with Crippen LogP contribution in [0.2, 0.25) is 0 Å². The maximum atomic E-state index is 13.7. The van der Waals surface area contributed by atoms with Crippen molar-refractivity contribution in [1.82, 2.24) is 0 Å². The molecule has 1 heterocycles. The van der Waals surface area contributed by atoms with Gasteiger partial charge in [0.15, 0.2) is 23.0 Å². The van der Waals surface area contributed by atoms with Crippen LogP contribution in [0.4, 0.5) is 0 Å². The molecule has 1 N–H and O–H groups in total. The molecule has 3 aromatic carbocycles. The summed E-state index contributed by atoms with van der Waals surface area (Å²) in [6.45, 7) is 2.76. The number of aliphatic hydroxyl groups is 1. The van der Waals surface area contributed by atoms with Gasteiger partial charge in [0.1, 0.15) is 18.1 Å². The Morgan fingerprint density at radius 1 is 0.974 bits per heavy atom. The molecule has 0 saturated carbocycles. The quantitative estimate of drug-likeness (QED) is 0.240. The molecule has 2 atom stereocenters. The number of fused-ring (bicyclic) bond motifs is 2. The van der Waals surface area contributed by atoms with Crippen LogP contribution in [0.3, 0.4) is 0 Å². The van der Waals surface area contributed by atoms with Crippen molar-refractivity contribution in [2.75, 3.05) is 33.7 Å². The number of hydrogen-bond donors (Lipinski definition) is 1. The van der Waals surface area contributed by atoms with Gasteiger partial charge in [-0.1, -0.05) is 19.1 Å². The fourth-order valence-electron chi connectivity index (χ4n) is 4.83. The van der Waals surface area contributed by atoms with Crippen LogP contribution in [0.25, 0.3) is 0 Å². The van der Waals surface area contributed by atoms with Crippen LogP contribution in [0.1, 0.15) is 37.4 Å². The van der Waals surface area contributed by atoms with Crippen LogP contribution < -0.4 is 58.0 Å². The summed E-state index contributed by atoms with van der Waals surface area (Å²) in [7, 11) is 1.54. The van der Waals surface area contributed by atoms with Gasteiger partial charge in [0.25, 0.3) is 0 Å². The van der Waals surface area contributed by atoms with E-state index in [-0.39, 0.29) is 68.6 Å². The third-order valence-electron chi connectivity index (χ3n) is 6.53. The third-order valence-corrected chi connectivity index (χ3v) is 6.53. The number of aliphatic hydroxyl groups excluding tert-OH is 1. The van der Waals surface area contributed by atoms with Crippen molar-refractivity contribution in [3.05, 3.63) is 71.3 Å². The molecule has 0 spiro atoms. The molecule has 1 aliphatic carbocycles. The molecule has 0 fully saturated rings. The normalized spacial score (nSPS) is 16.8. The predicted molar refractivity (Wildman–Crippen MR) is 136 cm³/mol. The van der Waals surface area contributed by atoms with Crippen molar-refractivity contribution in [2.24, 2.45) is 5.92 Å². The molecule has 0 amide bonds. The molecule has 5 rings (SSSR count). The molecular formula is C29H31NaO8. The van der Waals surface area contributed by atoms with Crippen LogP contribution in [0.5, 0.6) is 34.5 Å². The van der Waals surface area contributed by atoms with E-state index in [0.29, 0.717) is 36.0 Å². The Kier molecular flexibility index (Phi) is 9.44. The number of esters is 1. The van der Waals surface area contributed by atoms with Gasteiger partial charge < -0.3 is 35.0 Å². The molecule has 0 radical (unpaired) electrons. The van der Waals surface area contributed by atoms with E-state index in [1.165, 1.54) is 0 Å². The SMILES string of the molecule is CCCOc1ccc2c(c1)CC(C(=O)Oc1ccc(OC)cc1OCCO)C2c1ccc2c(c1)OCO2.[H-].[Na+]. The van der Waals surface area contributed by atoms with Crippen LogP contribution in [-0.2, 0) is 11.2 Å². The van der Waals surface area contributed by atoms with Crippen molar-refractivity contribution in [3.8, 4) is 34.5 Å². The molecule has 3 aromatic rings. The average molecular weight is 531 g/mol. The Labute approximate surface area is 245 Å².